The van der Waals surface area contributed by atoms with Crippen LogP contribution in [0.25, 0.3) is 0 Å². The number of hydrogen-bond donors (Lipinski definition) is 2. The number of esters is 1. The van der Waals surface area contributed by atoms with E-state index in [-0.39, 0.29) is 17.8 Å². The summed E-state index contributed by atoms with van der Waals surface area (Å²) in [6.07, 6.45) is 0.519. The van der Waals surface area contributed by atoms with Gasteiger partial charge in [-0.05, 0) is 30.5 Å². The van der Waals surface area contributed by atoms with Gasteiger partial charge >= 0.3 is 5.97 Å². The van der Waals surface area contributed by atoms with Gasteiger partial charge in [0.2, 0.25) is 0 Å². The van der Waals surface area contributed by atoms with E-state index in [0.29, 0.717) is 13.0 Å². The van der Waals surface area contributed by atoms with Crippen LogP contribution < -0.4 is 5.73 Å². The van der Waals surface area contributed by atoms with Crippen molar-refractivity contribution in [2.24, 2.45) is 5.73 Å². The molecule has 0 bridgehead atoms. The molecule has 2 unspecified atom stereocenters. The van der Waals surface area contributed by atoms with Gasteiger partial charge in [0.05, 0.1) is 12.5 Å². The first-order valence-corrected chi connectivity index (χ1v) is 5.38. The molecule has 0 saturated heterocycles. The van der Waals surface area contributed by atoms with Crippen LogP contribution in [-0.2, 0) is 16.0 Å². The summed E-state index contributed by atoms with van der Waals surface area (Å²) >= 11 is 0. The van der Waals surface area contributed by atoms with Gasteiger partial charge < -0.3 is 15.6 Å². The Kier molecular flexibility index (Phi) is 2.83. The molecule has 0 fully saturated rings. The van der Waals surface area contributed by atoms with E-state index in [1.165, 1.54) is 0 Å². The first kappa shape index (κ1) is 11.0. The van der Waals surface area contributed by atoms with Crippen molar-refractivity contribution in [3.05, 3.63) is 29.3 Å². The van der Waals surface area contributed by atoms with Gasteiger partial charge in [0.1, 0.15) is 5.75 Å². The molecule has 16 heavy (non-hydrogen) atoms. The van der Waals surface area contributed by atoms with Crippen LogP contribution in [0.15, 0.2) is 18.2 Å². The van der Waals surface area contributed by atoms with Crippen LogP contribution >= 0.6 is 0 Å². The van der Waals surface area contributed by atoms with E-state index in [9.17, 15) is 9.90 Å². The molecule has 3 N–H and O–H groups in total. The van der Waals surface area contributed by atoms with Crippen LogP contribution in [0.4, 0.5) is 0 Å². The average molecular weight is 221 g/mol. The molecule has 1 aliphatic rings. The predicted molar refractivity (Wildman–Crippen MR) is 59.2 cm³/mol. The average Bonchev–Trinajstić information content (AvgIpc) is 2.56. The maximum atomic E-state index is 11.7. The lowest BCUT2D eigenvalue weighted by Crippen LogP contribution is -2.31. The number of phenolic OH excluding ortho intramolecular Hbond substituents is 1. The molecular weight excluding hydrogens is 206 g/mol. The Hall–Kier alpha value is -1.55. The largest absolute Gasteiger partial charge is 0.508 e. The lowest BCUT2D eigenvalue weighted by atomic mass is 9.99. The minimum Gasteiger partial charge on any atom is -0.508 e. The molecule has 0 radical (unpaired) electrons. The Morgan fingerprint density at radius 3 is 3.06 bits per heavy atom. The minimum absolute atomic E-state index is 0.208. The summed E-state index contributed by atoms with van der Waals surface area (Å²) < 4.78 is 4.99. The minimum atomic E-state index is -0.443. The highest BCUT2D eigenvalue weighted by Crippen LogP contribution is 2.37. The fraction of sp³-hybridized carbons (Fsp3) is 0.417. The Morgan fingerprint density at radius 1 is 1.62 bits per heavy atom. The van der Waals surface area contributed by atoms with Crippen molar-refractivity contribution in [2.75, 3.05) is 6.61 Å². The maximum absolute atomic E-state index is 11.7. The molecule has 0 spiro atoms. The molecular formula is C12H15NO3. The quantitative estimate of drug-likeness (QED) is 0.728. The van der Waals surface area contributed by atoms with Gasteiger partial charge in [0.25, 0.3) is 0 Å². The van der Waals surface area contributed by atoms with Crippen LogP contribution in [-0.4, -0.2) is 23.7 Å². The number of hydrogen-bond acceptors (Lipinski definition) is 4. The van der Waals surface area contributed by atoms with Crippen LogP contribution in [0.3, 0.4) is 0 Å². The Labute approximate surface area is 94.0 Å². The number of rotatable bonds is 2. The third-order valence-electron chi connectivity index (χ3n) is 2.93. The molecule has 1 aromatic carbocycles. The van der Waals surface area contributed by atoms with Gasteiger partial charge in [-0.1, -0.05) is 12.1 Å². The molecule has 0 heterocycles. The van der Waals surface area contributed by atoms with E-state index in [4.69, 9.17) is 10.5 Å². The topological polar surface area (TPSA) is 72.5 Å². The third-order valence-corrected chi connectivity index (χ3v) is 2.93. The number of nitrogens with two attached hydrogens (primary N) is 1. The van der Waals surface area contributed by atoms with Crippen molar-refractivity contribution in [2.45, 2.75) is 25.3 Å². The SMILES string of the molecule is CCOC(=O)C1c2cccc(O)c2CC1N. The highest BCUT2D eigenvalue weighted by atomic mass is 16.5. The molecule has 86 valence electrons. The summed E-state index contributed by atoms with van der Waals surface area (Å²) in [4.78, 5) is 11.7. The van der Waals surface area contributed by atoms with E-state index in [2.05, 4.69) is 0 Å². The van der Waals surface area contributed by atoms with Crippen molar-refractivity contribution in [1.82, 2.24) is 0 Å². The monoisotopic (exact) mass is 221 g/mol. The number of carbonyl (C=O) groups is 1. The van der Waals surface area contributed by atoms with Crippen molar-refractivity contribution >= 4 is 5.97 Å². The van der Waals surface area contributed by atoms with Crippen molar-refractivity contribution < 1.29 is 14.6 Å². The number of phenols is 1. The van der Waals surface area contributed by atoms with Gasteiger partial charge in [-0.2, -0.15) is 0 Å². The van der Waals surface area contributed by atoms with E-state index in [1.54, 1.807) is 19.1 Å². The molecule has 2 rings (SSSR count). The Morgan fingerprint density at radius 2 is 2.38 bits per heavy atom. The van der Waals surface area contributed by atoms with Crippen LogP contribution in [0, 0.1) is 0 Å². The standard InChI is InChI=1S/C12H15NO3/c1-2-16-12(15)11-7-4-3-5-10(14)8(7)6-9(11)13/h3-5,9,11,14H,2,6,13H2,1H3. The second-order valence-corrected chi connectivity index (χ2v) is 3.94. The van der Waals surface area contributed by atoms with Crippen molar-refractivity contribution in [3.63, 3.8) is 0 Å². The highest BCUT2D eigenvalue weighted by molar-refractivity contribution is 5.81. The van der Waals surface area contributed by atoms with Crippen molar-refractivity contribution in [3.8, 4) is 5.75 Å². The van der Waals surface area contributed by atoms with Gasteiger partial charge in [0.15, 0.2) is 0 Å². The molecule has 2 atom stereocenters. The number of fused-ring (bicyclic) bond motifs is 1. The van der Waals surface area contributed by atoms with Gasteiger partial charge in [-0.25, -0.2) is 0 Å². The normalized spacial score (nSPS) is 22.9. The Bertz CT molecular complexity index is 417. The molecule has 0 aromatic heterocycles. The van der Waals surface area contributed by atoms with E-state index >= 15 is 0 Å². The number of aromatic hydroxyl groups is 1. The highest BCUT2D eigenvalue weighted by Gasteiger charge is 2.37. The molecule has 0 saturated carbocycles. The molecule has 0 amide bonds. The first-order valence-electron chi connectivity index (χ1n) is 5.38. The van der Waals surface area contributed by atoms with E-state index in [1.807, 2.05) is 6.07 Å². The summed E-state index contributed by atoms with van der Waals surface area (Å²) in [5, 5.41) is 9.67. The predicted octanol–water partition coefficient (Wildman–Crippen LogP) is 0.922. The second kappa shape index (κ2) is 4.14. The maximum Gasteiger partial charge on any atom is 0.315 e. The summed E-state index contributed by atoms with van der Waals surface area (Å²) in [5.41, 5.74) is 7.49. The zero-order chi connectivity index (χ0) is 11.7. The van der Waals surface area contributed by atoms with Crippen LogP contribution in [0.5, 0.6) is 5.75 Å². The van der Waals surface area contributed by atoms with Gasteiger partial charge in [-0.15, -0.1) is 0 Å². The number of carbonyl (C=O) groups excluding carboxylic acids is 1. The molecule has 1 aliphatic carbocycles. The molecule has 0 aliphatic heterocycles. The molecule has 4 heteroatoms. The van der Waals surface area contributed by atoms with E-state index < -0.39 is 5.92 Å². The lowest BCUT2D eigenvalue weighted by molar-refractivity contribution is -0.145. The van der Waals surface area contributed by atoms with Crippen LogP contribution in [0.2, 0.25) is 0 Å². The fourth-order valence-corrected chi connectivity index (χ4v) is 2.22. The molecule has 4 nitrogen and oxygen atoms in total. The summed E-state index contributed by atoms with van der Waals surface area (Å²) in [7, 11) is 0. The number of benzene rings is 1. The lowest BCUT2D eigenvalue weighted by Gasteiger charge is -2.14. The van der Waals surface area contributed by atoms with Gasteiger partial charge in [0, 0.05) is 6.04 Å². The number of ether oxygens (including phenoxy) is 1. The summed E-state index contributed by atoms with van der Waals surface area (Å²) in [6.45, 7) is 2.11. The zero-order valence-electron chi connectivity index (χ0n) is 9.14. The van der Waals surface area contributed by atoms with Crippen LogP contribution in [0.1, 0.15) is 24.0 Å². The Balaban J connectivity index is 2.36. The van der Waals surface area contributed by atoms with Crippen molar-refractivity contribution in [1.29, 1.82) is 0 Å². The fourth-order valence-electron chi connectivity index (χ4n) is 2.22. The second-order valence-electron chi connectivity index (χ2n) is 3.94. The van der Waals surface area contributed by atoms with Gasteiger partial charge in [-0.3, -0.25) is 4.79 Å². The smallest absolute Gasteiger partial charge is 0.315 e. The first-order chi connectivity index (χ1) is 7.65. The third kappa shape index (κ3) is 1.65. The zero-order valence-corrected chi connectivity index (χ0v) is 9.14. The summed E-state index contributed by atoms with van der Waals surface area (Å²) in [5.74, 6) is -0.541. The summed E-state index contributed by atoms with van der Waals surface area (Å²) in [6, 6.07) is 4.85. The van der Waals surface area contributed by atoms with E-state index in [0.717, 1.165) is 11.1 Å². The molecule has 1 aromatic rings.